The molecule has 1 atom stereocenters. The van der Waals surface area contributed by atoms with Crippen molar-refractivity contribution in [3.05, 3.63) is 0 Å². The molecule has 0 saturated carbocycles. The van der Waals surface area contributed by atoms with Gasteiger partial charge in [-0.2, -0.15) is 0 Å². The minimum Gasteiger partial charge on any atom is -0.446 e. The Bertz CT molecular complexity index is 161. The number of ether oxygens (including phenoxy) is 1. The first kappa shape index (κ1) is 12.3. The van der Waals surface area contributed by atoms with Gasteiger partial charge < -0.3 is 10.1 Å². The molecule has 1 unspecified atom stereocenters. The molecule has 3 nitrogen and oxygen atoms in total. The fourth-order valence-corrected chi connectivity index (χ4v) is 1.12. The van der Waals surface area contributed by atoms with Crippen LogP contribution in [0.3, 0.4) is 0 Å². The van der Waals surface area contributed by atoms with E-state index < -0.39 is 0 Å². The first-order valence-corrected chi connectivity index (χ1v) is 4.80. The summed E-state index contributed by atoms with van der Waals surface area (Å²) in [5.74, 6) is 0. The third-order valence-corrected chi connectivity index (χ3v) is 1.97. The highest BCUT2D eigenvalue weighted by Crippen LogP contribution is 2.25. The molecule has 0 aromatic carbocycles. The zero-order valence-corrected chi connectivity index (χ0v) is 9.31. The molecule has 0 heterocycles. The van der Waals surface area contributed by atoms with Gasteiger partial charge in [-0.15, -0.1) is 0 Å². The Morgan fingerprint density at radius 1 is 1.46 bits per heavy atom. The van der Waals surface area contributed by atoms with Crippen molar-refractivity contribution in [2.45, 2.75) is 46.6 Å². The van der Waals surface area contributed by atoms with E-state index in [0.29, 0.717) is 0 Å². The molecule has 3 heteroatoms. The molecule has 0 aliphatic heterocycles. The molecule has 1 amide bonds. The van der Waals surface area contributed by atoms with Crippen LogP contribution in [-0.4, -0.2) is 19.2 Å². The Kier molecular flexibility index (Phi) is 4.81. The SMILES string of the molecule is CCCC(OC(=O)NC)C(C)(C)C. The molecule has 0 spiro atoms. The largest absolute Gasteiger partial charge is 0.446 e. The minimum atomic E-state index is -0.339. The van der Waals surface area contributed by atoms with Crippen LogP contribution in [-0.2, 0) is 4.74 Å². The number of nitrogens with one attached hydrogen (secondary N) is 1. The molecule has 0 aromatic rings. The van der Waals surface area contributed by atoms with Gasteiger partial charge in [-0.3, -0.25) is 0 Å². The van der Waals surface area contributed by atoms with Gasteiger partial charge in [0.15, 0.2) is 0 Å². The molecule has 0 fully saturated rings. The second-order valence-corrected chi connectivity index (χ2v) is 4.30. The third-order valence-electron chi connectivity index (χ3n) is 1.97. The van der Waals surface area contributed by atoms with Crippen molar-refractivity contribution in [1.82, 2.24) is 5.32 Å². The maximum atomic E-state index is 11.0. The summed E-state index contributed by atoms with van der Waals surface area (Å²) < 4.78 is 5.25. The van der Waals surface area contributed by atoms with Gasteiger partial charge in [0.25, 0.3) is 0 Å². The van der Waals surface area contributed by atoms with E-state index in [1.54, 1.807) is 7.05 Å². The average Bonchev–Trinajstić information content (AvgIpc) is 2.01. The molecule has 1 N–H and O–H groups in total. The maximum Gasteiger partial charge on any atom is 0.407 e. The summed E-state index contributed by atoms with van der Waals surface area (Å²) >= 11 is 0. The molecule has 0 bridgehead atoms. The smallest absolute Gasteiger partial charge is 0.407 e. The van der Waals surface area contributed by atoms with Gasteiger partial charge in [-0.05, 0) is 11.8 Å². The molecule has 0 aliphatic carbocycles. The number of carbonyl (C=O) groups is 1. The van der Waals surface area contributed by atoms with Crippen molar-refractivity contribution in [2.75, 3.05) is 7.05 Å². The monoisotopic (exact) mass is 187 g/mol. The van der Waals surface area contributed by atoms with Gasteiger partial charge >= 0.3 is 6.09 Å². The summed E-state index contributed by atoms with van der Waals surface area (Å²) in [7, 11) is 1.58. The lowest BCUT2D eigenvalue weighted by Gasteiger charge is -2.29. The minimum absolute atomic E-state index is 0.00236. The van der Waals surface area contributed by atoms with Crippen molar-refractivity contribution in [1.29, 1.82) is 0 Å². The molecular formula is C10H21NO2. The van der Waals surface area contributed by atoms with E-state index in [4.69, 9.17) is 4.74 Å². The van der Waals surface area contributed by atoms with Gasteiger partial charge in [0.1, 0.15) is 6.10 Å². The van der Waals surface area contributed by atoms with Crippen LogP contribution in [0.25, 0.3) is 0 Å². The average molecular weight is 187 g/mol. The Morgan fingerprint density at radius 3 is 2.31 bits per heavy atom. The number of hydrogen-bond donors (Lipinski definition) is 1. The van der Waals surface area contributed by atoms with Crippen molar-refractivity contribution in [3.63, 3.8) is 0 Å². The second kappa shape index (κ2) is 5.10. The zero-order chi connectivity index (χ0) is 10.5. The predicted molar refractivity (Wildman–Crippen MR) is 53.7 cm³/mol. The highest BCUT2D eigenvalue weighted by Gasteiger charge is 2.26. The van der Waals surface area contributed by atoms with E-state index in [0.717, 1.165) is 12.8 Å². The van der Waals surface area contributed by atoms with Crippen LogP contribution in [0.4, 0.5) is 4.79 Å². The molecule has 78 valence electrons. The predicted octanol–water partition coefficient (Wildman–Crippen LogP) is 2.56. The topological polar surface area (TPSA) is 38.3 Å². The van der Waals surface area contributed by atoms with E-state index in [1.165, 1.54) is 0 Å². The maximum absolute atomic E-state index is 11.0. The van der Waals surface area contributed by atoms with Crippen LogP contribution >= 0.6 is 0 Å². The summed E-state index contributed by atoms with van der Waals surface area (Å²) in [4.78, 5) is 11.0. The summed E-state index contributed by atoms with van der Waals surface area (Å²) in [5.41, 5.74) is 0.0164. The van der Waals surface area contributed by atoms with Gasteiger partial charge in [-0.25, -0.2) is 4.79 Å². The Labute approximate surface area is 80.8 Å². The van der Waals surface area contributed by atoms with Crippen LogP contribution in [0.5, 0.6) is 0 Å². The Hall–Kier alpha value is -0.730. The molecular weight excluding hydrogens is 166 g/mol. The van der Waals surface area contributed by atoms with Crippen molar-refractivity contribution >= 4 is 6.09 Å². The third kappa shape index (κ3) is 4.76. The first-order chi connectivity index (χ1) is 5.91. The first-order valence-electron chi connectivity index (χ1n) is 4.80. The van der Waals surface area contributed by atoms with Crippen LogP contribution < -0.4 is 5.32 Å². The molecule has 0 aliphatic rings. The van der Waals surface area contributed by atoms with E-state index in [-0.39, 0.29) is 17.6 Å². The van der Waals surface area contributed by atoms with Gasteiger partial charge in [-0.1, -0.05) is 34.1 Å². The van der Waals surface area contributed by atoms with Crippen LogP contribution in [0.1, 0.15) is 40.5 Å². The highest BCUT2D eigenvalue weighted by atomic mass is 16.6. The van der Waals surface area contributed by atoms with Crippen LogP contribution in [0, 0.1) is 5.41 Å². The molecule has 0 rings (SSSR count). The lowest BCUT2D eigenvalue weighted by atomic mass is 9.86. The fourth-order valence-electron chi connectivity index (χ4n) is 1.12. The Balaban J connectivity index is 4.18. The van der Waals surface area contributed by atoms with Crippen molar-refractivity contribution in [3.8, 4) is 0 Å². The summed E-state index contributed by atoms with van der Waals surface area (Å²) in [6.45, 7) is 8.33. The zero-order valence-electron chi connectivity index (χ0n) is 9.31. The number of amides is 1. The summed E-state index contributed by atoms with van der Waals surface area (Å²) in [6, 6.07) is 0. The quantitative estimate of drug-likeness (QED) is 0.737. The van der Waals surface area contributed by atoms with Gasteiger partial charge in [0, 0.05) is 7.05 Å². The normalized spacial score (nSPS) is 13.6. The van der Waals surface area contributed by atoms with Crippen LogP contribution in [0.2, 0.25) is 0 Å². The molecule has 0 saturated heterocycles. The van der Waals surface area contributed by atoms with Crippen molar-refractivity contribution in [2.24, 2.45) is 5.41 Å². The lowest BCUT2D eigenvalue weighted by molar-refractivity contribution is 0.0267. The summed E-state index contributed by atoms with van der Waals surface area (Å²) in [5, 5.41) is 2.46. The van der Waals surface area contributed by atoms with E-state index in [1.807, 2.05) is 0 Å². The standard InChI is InChI=1S/C10H21NO2/c1-6-7-8(10(2,3)4)13-9(12)11-5/h8H,6-7H2,1-5H3,(H,11,12). The summed E-state index contributed by atoms with van der Waals surface area (Å²) in [6.07, 6.45) is 1.60. The number of rotatable bonds is 3. The number of carbonyl (C=O) groups excluding carboxylic acids is 1. The second-order valence-electron chi connectivity index (χ2n) is 4.30. The molecule has 0 radical (unpaired) electrons. The van der Waals surface area contributed by atoms with E-state index >= 15 is 0 Å². The number of hydrogen-bond acceptors (Lipinski definition) is 2. The van der Waals surface area contributed by atoms with E-state index in [9.17, 15) is 4.79 Å². The Morgan fingerprint density at radius 2 is 2.00 bits per heavy atom. The fraction of sp³-hybridized carbons (Fsp3) is 0.900. The highest BCUT2D eigenvalue weighted by molar-refractivity contribution is 5.66. The number of alkyl carbamates (subject to hydrolysis) is 1. The lowest BCUT2D eigenvalue weighted by Crippen LogP contribution is -2.34. The van der Waals surface area contributed by atoms with E-state index in [2.05, 4.69) is 33.0 Å². The van der Waals surface area contributed by atoms with Crippen LogP contribution in [0.15, 0.2) is 0 Å². The van der Waals surface area contributed by atoms with Crippen molar-refractivity contribution < 1.29 is 9.53 Å². The van der Waals surface area contributed by atoms with Gasteiger partial charge in [0.05, 0.1) is 0 Å². The molecule has 0 aromatic heterocycles. The molecule has 13 heavy (non-hydrogen) atoms. The van der Waals surface area contributed by atoms with Gasteiger partial charge in [0.2, 0.25) is 0 Å².